The monoisotopic (exact) mass is 413 g/mol. The Kier molecular flexibility index (Phi) is 8.72. The highest BCUT2D eigenvalue weighted by Crippen LogP contribution is 2.30. The second kappa shape index (κ2) is 11.0. The summed E-state index contributed by atoms with van der Waals surface area (Å²) in [6, 6.07) is 10.3. The number of guanidine groups is 1. The van der Waals surface area contributed by atoms with Gasteiger partial charge in [0.15, 0.2) is 11.7 Å². The van der Waals surface area contributed by atoms with E-state index in [4.69, 9.17) is 0 Å². The molecule has 0 atom stereocenters. The third-order valence-corrected chi connectivity index (χ3v) is 4.70. The topological polar surface area (TPSA) is 52.6 Å². The Balaban J connectivity index is 1.75. The molecule has 5 nitrogen and oxygen atoms in total. The molecule has 9 heteroatoms. The summed E-state index contributed by atoms with van der Waals surface area (Å²) in [4.78, 5) is 10.2. The van der Waals surface area contributed by atoms with Crippen molar-refractivity contribution in [3.8, 4) is 0 Å². The Hall–Kier alpha value is -2.13. The molecule has 2 rings (SSSR count). The van der Waals surface area contributed by atoms with Crippen LogP contribution < -0.4 is 10.6 Å². The van der Waals surface area contributed by atoms with Crippen molar-refractivity contribution >= 4 is 17.3 Å². The molecule has 2 aromatic rings. The maximum atomic E-state index is 12.6. The third kappa shape index (κ3) is 7.85. The number of aliphatic imine (C=N–C) groups is 1. The second-order valence-electron chi connectivity index (χ2n) is 6.32. The SMILES string of the molecule is CCNC(=NCc1nc(C(F)(F)F)cs1)NCCCN(C)Cc1ccccc1. The quantitative estimate of drug-likeness (QED) is 0.374. The number of thiazole rings is 1. The van der Waals surface area contributed by atoms with Crippen LogP contribution in [0, 0.1) is 0 Å². The minimum absolute atomic E-state index is 0.115. The molecule has 28 heavy (non-hydrogen) atoms. The van der Waals surface area contributed by atoms with E-state index in [-0.39, 0.29) is 6.54 Å². The average molecular weight is 414 g/mol. The minimum atomic E-state index is -4.41. The van der Waals surface area contributed by atoms with Gasteiger partial charge in [0.2, 0.25) is 0 Å². The van der Waals surface area contributed by atoms with Crippen LogP contribution in [0.1, 0.15) is 29.6 Å². The van der Waals surface area contributed by atoms with Gasteiger partial charge >= 0.3 is 6.18 Å². The zero-order valence-electron chi connectivity index (χ0n) is 16.1. The van der Waals surface area contributed by atoms with Gasteiger partial charge in [-0.25, -0.2) is 9.98 Å². The summed E-state index contributed by atoms with van der Waals surface area (Å²) in [6.07, 6.45) is -3.49. The number of nitrogens with zero attached hydrogens (tertiary/aromatic N) is 3. The number of hydrogen-bond donors (Lipinski definition) is 2. The molecule has 0 aliphatic rings. The molecule has 0 fully saturated rings. The second-order valence-corrected chi connectivity index (χ2v) is 7.27. The fourth-order valence-electron chi connectivity index (χ4n) is 2.53. The number of nitrogens with one attached hydrogen (secondary N) is 2. The smallest absolute Gasteiger partial charge is 0.357 e. The first kappa shape index (κ1) is 22.2. The van der Waals surface area contributed by atoms with E-state index in [0.717, 1.165) is 42.8 Å². The lowest BCUT2D eigenvalue weighted by molar-refractivity contribution is -0.140. The number of hydrogen-bond acceptors (Lipinski definition) is 4. The predicted molar refractivity (Wildman–Crippen MR) is 107 cm³/mol. The first-order valence-corrected chi connectivity index (χ1v) is 10.0. The number of aromatic nitrogens is 1. The summed E-state index contributed by atoms with van der Waals surface area (Å²) in [5.74, 6) is 0.581. The molecule has 0 spiro atoms. The van der Waals surface area contributed by atoms with Gasteiger partial charge in [-0.2, -0.15) is 13.2 Å². The maximum absolute atomic E-state index is 12.6. The highest BCUT2D eigenvalue weighted by molar-refractivity contribution is 7.09. The fraction of sp³-hybridized carbons (Fsp3) is 0.474. The van der Waals surface area contributed by atoms with Gasteiger partial charge in [0.1, 0.15) is 5.01 Å². The van der Waals surface area contributed by atoms with Crippen molar-refractivity contribution in [3.05, 3.63) is 52.0 Å². The summed E-state index contributed by atoms with van der Waals surface area (Å²) < 4.78 is 37.8. The summed E-state index contributed by atoms with van der Waals surface area (Å²) in [5.41, 5.74) is 0.414. The Bertz CT molecular complexity index is 731. The zero-order chi connectivity index (χ0) is 20.4. The summed E-state index contributed by atoms with van der Waals surface area (Å²) in [5, 5.41) is 7.67. The first-order valence-electron chi connectivity index (χ1n) is 9.14. The molecule has 2 N–H and O–H groups in total. The Morgan fingerprint density at radius 2 is 1.96 bits per heavy atom. The summed E-state index contributed by atoms with van der Waals surface area (Å²) in [6.45, 7) is 5.26. The van der Waals surface area contributed by atoms with Crippen LogP contribution >= 0.6 is 11.3 Å². The largest absolute Gasteiger partial charge is 0.434 e. The van der Waals surface area contributed by atoms with Gasteiger partial charge in [0.25, 0.3) is 0 Å². The number of alkyl halides is 3. The molecular formula is C19H26F3N5S. The highest BCUT2D eigenvalue weighted by atomic mass is 32.1. The molecule has 0 amide bonds. The molecule has 0 saturated carbocycles. The highest BCUT2D eigenvalue weighted by Gasteiger charge is 2.33. The van der Waals surface area contributed by atoms with Crippen LogP contribution in [-0.2, 0) is 19.3 Å². The van der Waals surface area contributed by atoms with Crippen molar-refractivity contribution < 1.29 is 13.2 Å². The standard InChI is InChI=1S/C19H26F3N5S/c1-3-23-18(25-12-17-26-16(14-28-17)19(20,21)22)24-10-7-11-27(2)13-15-8-5-4-6-9-15/h4-6,8-9,14H,3,7,10-13H2,1-2H3,(H2,23,24,25). The van der Waals surface area contributed by atoms with E-state index in [9.17, 15) is 13.2 Å². The molecule has 0 unspecified atom stereocenters. The van der Waals surface area contributed by atoms with Crippen LogP contribution in [0.4, 0.5) is 13.2 Å². The van der Waals surface area contributed by atoms with Crippen LogP contribution in [0.25, 0.3) is 0 Å². The van der Waals surface area contributed by atoms with E-state index >= 15 is 0 Å². The van der Waals surface area contributed by atoms with Crippen molar-refractivity contribution in [2.75, 3.05) is 26.7 Å². The average Bonchev–Trinajstić information content (AvgIpc) is 3.13. The van der Waals surface area contributed by atoms with Crippen molar-refractivity contribution in [2.24, 2.45) is 4.99 Å². The van der Waals surface area contributed by atoms with Crippen LogP contribution in [0.5, 0.6) is 0 Å². The maximum Gasteiger partial charge on any atom is 0.434 e. The lowest BCUT2D eigenvalue weighted by Crippen LogP contribution is -2.38. The molecule has 0 aliphatic carbocycles. The van der Waals surface area contributed by atoms with E-state index < -0.39 is 11.9 Å². The van der Waals surface area contributed by atoms with E-state index in [1.165, 1.54) is 5.56 Å². The molecule has 1 aromatic heterocycles. The van der Waals surface area contributed by atoms with Crippen LogP contribution in [0.3, 0.4) is 0 Å². The van der Waals surface area contributed by atoms with Crippen LogP contribution in [-0.4, -0.2) is 42.5 Å². The van der Waals surface area contributed by atoms with Gasteiger partial charge in [-0.05, 0) is 32.5 Å². The van der Waals surface area contributed by atoms with E-state index in [1.807, 2.05) is 25.1 Å². The van der Waals surface area contributed by atoms with Crippen LogP contribution in [0.2, 0.25) is 0 Å². The van der Waals surface area contributed by atoms with Crippen LogP contribution in [0.15, 0.2) is 40.7 Å². The summed E-state index contributed by atoms with van der Waals surface area (Å²) in [7, 11) is 2.08. The fourth-order valence-corrected chi connectivity index (χ4v) is 3.26. The molecule has 0 aliphatic heterocycles. The van der Waals surface area contributed by atoms with Gasteiger partial charge in [0, 0.05) is 25.0 Å². The van der Waals surface area contributed by atoms with E-state index in [2.05, 4.69) is 44.7 Å². The van der Waals surface area contributed by atoms with E-state index in [1.54, 1.807) is 0 Å². The van der Waals surface area contributed by atoms with Crippen molar-refractivity contribution in [2.45, 2.75) is 32.6 Å². The molecular weight excluding hydrogens is 387 g/mol. The molecule has 1 aromatic carbocycles. The first-order chi connectivity index (χ1) is 13.4. The zero-order valence-corrected chi connectivity index (χ0v) is 16.9. The van der Waals surface area contributed by atoms with E-state index in [0.29, 0.717) is 17.5 Å². The number of benzene rings is 1. The predicted octanol–water partition coefficient (Wildman–Crippen LogP) is 3.74. The number of halogens is 3. The van der Waals surface area contributed by atoms with Gasteiger partial charge in [0.05, 0.1) is 6.54 Å². The van der Waals surface area contributed by atoms with Crippen molar-refractivity contribution in [3.63, 3.8) is 0 Å². The summed E-state index contributed by atoms with van der Waals surface area (Å²) >= 11 is 0.969. The van der Waals surface area contributed by atoms with Gasteiger partial charge in [-0.15, -0.1) is 11.3 Å². The molecule has 1 heterocycles. The lowest BCUT2D eigenvalue weighted by atomic mass is 10.2. The van der Waals surface area contributed by atoms with Gasteiger partial charge in [-0.1, -0.05) is 30.3 Å². The van der Waals surface area contributed by atoms with Crippen molar-refractivity contribution in [1.82, 2.24) is 20.5 Å². The Labute approximate surface area is 167 Å². The Morgan fingerprint density at radius 1 is 1.21 bits per heavy atom. The minimum Gasteiger partial charge on any atom is -0.357 e. The molecule has 0 bridgehead atoms. The number of rotatable bonds is 9. The Morgan fingerprint density at radius 3 is 2.61 bits per heavy atom. The van der Waals surface area contributed by atoms with Gasteiger partial charge < -0.3 is 15.5 Å². The molecule has 0 radical (unpaired) electrons. The third-order valence-electron chi connectivity index (χ3n) is 3.86. The van der Waals surface area contributed by atoms with Gasteiger partial charge in [-0.3, -0.25) is 0 Å². The normalized spacial score (nSPS) is 12.4. The van der Waals surface area contributed by atoms with Crippen molar-refractivity contribution in [1.29, 1.82) is 0 Å². The molecule has 154 valence electrons. The molecule has 0 saturated heterocycles. The lowest BCUT2D eigenvalue weighted by Gasteiger charge is -2.17.